The second-order valence-corrected chi connectivity index (χ2v) is 7.09. The molecule has 2 aromatic rings. The second-order valence-electron chi connectivity index (χ2n) is 7.09. The van der Waals surface area contributed by atoms with E-state index in [1.165, 1.54) is 30.5 Å². The van der Waals surface area contributed by atoms with E-state index in [4.69, 9.17) is 0 Å². The molecule has 1 aliphatic rings. The summed E-state index contributed by atoms with van der Waals surface area (Å²) in [7, 11) is 2.31. The lowest BCUT2D eigenvalue weighted by atomic mass is 9.82. The lowest BCUT2D eigenvalue weighted by molar-refractivity contribution is 0.108. The molecule has 2 aromatic carbocycles. The van der Waals surface area contributed by atoms with Crippen molar-refractivity contribution in [1.82, 2.24) is 4.90 Å². The summed E-state index contributed by atoms with van der Waals surface area (Å²) in [4.78, 5) is 2.61. The summed E-state index contributed by atoms with van der Waals surface area (Å²) in [6.45, 7) is 3.54. The van der Waals surface area contributed by atoms with E-state index in [9.17, 15) is 0 Å². The maximum absolute atomic E-state index is 2.61. The Morgan fingerprint density at radius 2 is 1.60 bits per heavy atom. The van der Waals surface area contributed by atoms with Crippen molar-refractivity contribution < 1.29 is 0 Å². The molecular weight excluding hydrogens is 326 g/mol. The summed E-state index contributed by atoms with van der Waals surface area (Å²) in [6, 6.07) is 21.7. The summed E-state index contributed by atoms with van der Waals surface area (Å²) in [5.74, 6) is 0.905. The molecular formula is C23H30ClN. The van der Waals surface area contributed by atoms with Crippen LogP contribution in [0.25, 0.3) is 6.08 Å². The van der Waals surface area contributed by atoms with E-state index in [2.05, 4.69) is 91.7 Å². The Kier molecular flexibility index (Phi) is 7.28. The van der Waals surface area contributed by atoms with Crippen LogP contribution in [-0.2, 0) is 5.54 Å². The molecule has 25 heavy (non-hydrogen) atoms. The van der Waals surface area contributed by atoms with Gasteiger partial charge < -0.3 is 0 Å². The van der Waals surface area contributed by atoms with Crippen LogP contribution in [-0.4, -0.2) is 18.5 Å². The highest BCUT2D eigenvalue weighted by Gasteiger charge is 2.36. The predicted octanol–water partition coefficient (Wildman–Crippen LogP) is 6.16. The molecule has 0 saturated heterocycles. The first-order valence-electron chi connectivity index (χ1n) is 9.23. The zero-order chi connectivity index (χ0) is 16.8. The van der Waals surface area contributed by atoms with E-state index >= 15 is 0 Å². The van der Waals surface area contributed by atoms with Gasteiger partial charge in [-0.1, -0.05) is 79.7 Å². The molecule has 0 aromatic heterocycles. The largest absolute Gasteiger partial charge is 0.296 e. The third-order valence-electron chi connectivity index (χ3n) is 5.42. The summed E-state index contributed by atoms with van der Waals surface area (Å²) in [6.07, 6.45) is 9.59. The first-order valence-corrected chi connectivity index (χ1v) is 9.23. The van der Waals surface area contributed by atoms with Gasteiger partial charge in [0.2, 0.25) is 0 Å². The highest BCUT2D eigenvalue weighted by molar-refractivity contribution is 5.85. The molecule has 1 nitrogen and oxygen atoms in total. The van der Waals surface area contributed by atoms with Gasteiger partial charge in [-0.05, 0) is 49.8 Å². The fraction of sp³-hybridized carbons (Fsp3) is 0.391. The van der Waals surface area contributed by atoms with Crippen molar-refractivity contribution >= 4 is 18.5 Å². The van der Waals surface area contributed by atoms with E-state index in [1.807, 2.05) is 0 Å². The van der Waals surface area contributed by atoms with Gasteiger partial charge in [0, 0.05) is 12.1 Å². The average Bonchev–Trinajstić information content (AvgIpc) is 3.44. The maximum Gasteiger partial charge on any atom is 0.0489 e. The van der Waals surface area contributed by atoms with Crippen LogP contribution in [0.3, 0.4) is 0 Å². The molecule has 2 heteroatoms. The maximum atomic E-state index is 2.61. The fourth-order valence-corrected chi connectivity index (χ4v) is 3.68. The topological polar surface area (TPSA) is 3.24 Å². The van der Waals surface area contributed by atoms with Crippen LogP contribution < -0.4 is 0 Å². The lowest BCUT2D eigenvalue weighted by Crippen LogP contribution is -2.44. The van der Waals surface area contributed by atoms with Crippen molar-refractivity contribution in [2.45, 2.75) is 38.1 Å². The van der Waals surface area contributed by atoms with Gasteiger partial charge >= 0.3 is 0 Å². The Labute approximate surface area is 159 Å². The molecule has 0 amide bonds. The Morgan fingerprint density at radius 3 is 2.16 bits per heavy atom. The Hall–Kier alpha value is -1.57. The minimum atomic E-state index is 0. The van der Waals surface area contributed by atoms with E-state index in [0.29, 0.717) is 0 Å². The molecule has 0 N–H and O–H groups in total. The number of nitrogens with zero attached hydrogens (tertiary/aromatic N) is 1. The number of rotatable bonds is 8. The van der Waals surface area contributed by atoms with Gasteiger partial charge in [0.05, 0.1) is 0 Å². The number of hydrogen-bond donors (Lipinski definition) is 0. The van der Waals surface area contributed by atoms with E-state index < -0.39 is 0 Å². The average molecular weight is 356 g/mol. The Bertz CT molecular complexity index is 648. The molecule has 3 rings (SSSR count). The highest BCUT2D eigenvalue weighted by atomic mass is 35.5. The molecule has 1 saturated carbocycles. The third-order valence-corrected chi connectivity index (χ3v) is 5.42. The van der Waals surface area contributed by atoms with Crippen molar-refractivity contribution in [3.05, 3.63) is 77.9 Å². The van der Waals surface area contributed by atoms with Crippen LogP contribution >= 0.6 is 12.4 Å². The second kappa shape index (κ2) is 9.22. The summed E-state index contributed by atoms with van der Waals surface area (Å²) in [5, 5.41) is 0. The predicted molar refractivity (Wildman–Crippen MR) is 111 cm³/mol. The van der Waals surface area contributed by atoms with Gasteiger partial charge in [0.1, 0.15) is 0 Å². The quantitative estimate of drug-likeness (QED) is 0.548. The van der Waals surface area contributed by atoms with E-state index in [0.717, 1.165) is 18.8 Å². The van der Waals surface area contributed by atoms with Crippen molar-refractivity contribution in [2.75, 3.05) is 13.6 Å². The minimum absolute atomic E-state index is 0. The molecule has 1 aliphatic carbocycles. The van der Waals surface area contributed by atoms with Crippen LogP contribution in [0.4, 0.5) is 0 Å². The van der Waals surface area contributed by atoms with Crippen molar-refractivity contribution in [3.8, 4) is 0 Å². The van der Waals surface area contributed by atoms with Crippen LogP contribution in [0.15, 0.2) is 66.7 Å². The van der Waals surface area contributed by atoms with Crippen molar-refractivity contribution in [2.24, 2.45) is 5.92 Å². The minimum Gasteiger partial charge on any atom is -0.296 e. The molecule has 0 unspecified atom stereocenters. The molecule has 1 atom stereocenters. The monoisotopic (exact) mass is 355 g/mol. The number of halogens is 1. The third kappa shape index (κ3) is 4.96. The van der Waals surface area contributed by atoms with Gasteiger partial charge in [-0.15, -0.1) is 12.4 Å². The normalized spacial score (nSPS) is 16.6. The van der Waals surface area contributed by atoms with E-state index in [1.54, 1.807) is 0 Å². The first kappa shape index (κ1) is 19.8. The van der Waals surface area contributed by atoms with Crippen molar-refractivity contribution in [1.29, 1.82) is 0 Å². The van der Waals surface area contributed by atoms with Crippen LogP contribution in [0, 0.1) is 5.92 Å². The van der Waals surface area contributed by atoms with Gasteiger partial charge in [-0.2, -0.15) is 0 Å². The Morgan fingerprint density at radius 1 is 1.00 bits per heavy atom. The highest BCUT2D eigenvalue weighted by Crippen LogP contribution is 2.39. The Balaban J connectivity index is 0.00000225. The summed E-state index contributed by atoms with van der Waals surface area (Å²) in [5.41, 5.74) is 2.81. The van der Waals surface area contributed by atoms with E-state index in [-0.39, 0.29) is 17.9 Å². The molecule has 134 valence electrons. The number of benzene rings is 2. The van der Waals surface area contributed by atoms with Gasteiger partial charge in [0.25, 0.3) is 0 Å². The summed E-state index contributed by atoms with van der Waals surface area (Å²) >= 11 is 0. The SMILES string of the molecule is CC[C@@](CC=Cc1ccccc1)(c1ccccc1)N(C)CC1CC1.Cl. The van der Waals surface area contributed by atoms with Gasteiger partial charge in [0.15, 0.2) is 0 Å². The van der Waals surface area contributed by atoms with Crippen LogP contribution in [0.2, 0.25) is 0 Å². The molecule has 0 radical (unpaired) electrons. The van der Waals surface area contributed by atoms with Crippen molar-refractivity contribution in [3.63, 3.8) is 0 Å². The molecule has 1 fully saturated rings. The van der Waals surface area contributed by atoms with Gasteiger partial charge in [-0.25, -0.2) is 0 Å². The van der Waals surface area contributed by atoms with Gasteiger partial charge in [-0.3, -0.25) is 4.90 Å². The molecule has 0 heterocycles. The smallest absolute Gasteiger partial charge is 0.0489 e. The molecule has 0 spiro atoms. The lowest BCUT2D eigenvalue weighted by Gasteiger charge is -2.42. The fourth-order valence-electron chi connectivity index (χ4n) is 3.68. The molecule has 0 aliphatic heterocycles. The first-order chi connectivity index (χ1) is 11.7. The van der Waals surface area contributed by atoms with Crippen LogP contribution in [0.1, 0.15) is 43.7 Å². The standard InChI is InChI=1S/C23H29N.ClH/c1-3-23(22-14-8-5-9-15-22,24(2)19-21-16-17-21)18-10-13-20-11-6-4-7-12-20;/h4-15,21H,3,16-19H2,1-2H3;1H/t23-;/m1./s1. The zero-order valence-electron chi connectivity index (χ0n) is 15.4. The molecule has 0 bridgehead atoms. The van der Waals surface area contributed by atoms with Crippen LogP contribution in [0.5, 0.6) is 0 Å². The zero-order valence-corrected chi connectivity index (χ0v) is 16.2. The number of hydrogen-bond acceptors (Lipinski definition) is 1. The summed E-state index contributed by atoms with van der Waals surface area (Å²) < 4.78 is 0.